The first kappa shape index (κ1) is 26.8. The number of unbranched alkanes of at least 4 members (excludes halogenated alkanes) is 1. The van der Waals surface area contributed by atoms with Crippen molar-refractivity contribution in [2.45, 2.75) is 39.5 Å². The van der Waals surface area contributed by atoms with Gasteiger partial charge in [-0.3, -0.25) is 9.59 Å². The molecule has 0 atom stereocenters. The number of anilines is 1. The van der Waals surface area contributed by atoms with E-state index in [4.69, 9.17) is 0 Å². The molecule has 196 valence electrons. The van der Waals surface area contributed by atoms with Gasteiger partial charge in [-0.05, 0) is 61.2 Å². The van der Waals surface area contributed by atoms with Crippen molar-refractivity contribution in [1.82, 2.24) is 14.7 Å². The van der Waals surface area contributed by atoms with Crippen LogP contribution in [0.3, 0.4) is 0 Å². The summed E-state index contributed by atoms with van der Waals surface area (Å²) in [5, 5.41) is 7.58. The van der Waals surface area contributed by atoms with Crippen LogP contribution in [0, 0.1) is 5.82 Å². The summed E-state index contributed by atoms with van der Waals surface area (Å²) in [4.78, 5) is 28.0. The second kappa shape index (κ2) is 12.8. The molecule has 7 heteroatoms. The van der Waals surface area contributed by atoms with Gasteiger partial charge in [-0.2, -0.15) is 5.10 Å². The van der Waals surface area contributed by atoms with Crippen molar-refractivity contribution in [3.05, 3.63) is 102 Å². The summed E-state index contributed by atoms with van der Waals surface area (Å²) in [6.45, 7) is 4.48. The van der Waals surface area contributed by atoms with Gasteiger partial charge < -0.3 is 10.2 Å². The van der Waals surface area contributed by atoms with Crippen LogP contribution in [0.5, 0.6) is 0 Å². The lowest BCUT2D eigenvalue weighted by atomic mass is 10.1. The zero-order chi connectivity index (χ0) is 26.9. The van der Waals surface area contributed by atoms with Crippen LogP contribution in [0.25, 0.3) is 16.9 Å². The number of carbonyl (C=O) groups is 2. The van der Waals surface area contributed by atoms with Gasteiger partial charge in [0.2, 0.25) is 5.91 Å². The Bertz CT molecular complexity index is 1350. The number of halogens is 1. The van der Waals surface area contributed by atoms with Gasteiger partial charge in [0, 0.05) is 23.7 Å². The van der Waals surface area contributed by atoms with E-state index in [0.29, 0.717) is 29.3 Å². The lowest BCUT2D eigenvalue weighted by Gasteiger charge is -2.22. The zero-order valence-electron chi connectivity index (χ0n) is 21.9. The molecule has 0 unspecified atom stereocenters. The lowest BCUT2D eigenvalue weighted by molar-refractivity contribution is -0.116. The molecule has 0 aliphatic heterocycles. The van der Waals surface area contributed by atoms with Gasteiger partial charge in [0.15, 0.2) is 0 Å². The Balaban J connectivity index is 1.54. The highest BCUT2D eigenvalue weighted by Gasteiger charge is 2.20. The number of rotatable bonds is 11. The topological polar surface area (TPSA) is 67.2 Å². The van der Waals surface area contributed by atoms with Crippen LogP contribution in [-0.2, 0) is 11.2 Å². The van der Waals surface area contributed by atoms with Crippen molar-refractivity contribution >= 4 is 17.6 Å². The Morgan fingerprint density at radius 2 is 1.63 bits per heavy atom. The molecule has 0 radical (unpaired) electrons. The van der Waals surface area contributed by atoms with Crippen LogP contribution in [0.15, 0.2) is 84.9 Å². The van der Waals surface area contributed by atoms with Crippen LogP contribution < -0.4 is 5.32 Å². The third-order valence-electron chi connectivity index (χ3n) is 6.25. The molecule has 38 heavy (non-hydrogen) atoms. The van der Waals surface area contributed by atoms with Crippen molar-refractivity contribution in [3.8, 4) is 16.9 Å². The Morgan fingerprint density at radius 1 is 0.921 bits per heavy atom. The maximum atomic E-state index is 13.6. The van der Waals surface area contributed by atoms with E-state index in [1.54, 1.807) is 27.8 Å². The van der Waals surface area contributed by atoms with E-state index < -0.39 is 0 Å². The monoisotopic (exact) mass is 512 g/mol. The lowest BCUT2D eigenvalue weighted by Crippen LogP contribution is -2.38. The van der Waals surface area contributed by atoms with Gasteiger partial charge in [-0.15, -0.1) is 0 Å². The molecule has 0 spiro atoms. The summed E-state index contributed by atoms with van der Waals surface area (Å²) in [6.07, 6.45) is 3.93. The molecule has 0 bridgehead atoms. The van der Waals surface area contributed by atoms with Crippen molar-refractivity contribution < 1.29 is 14.0 Å². The Morgan fingerprint density at radius 3 is 2.29 bits per heavy atom. The largest absolute Gasteiger partial charge is 0.329 e. The Labute approximate surface area is 223 Å². The second-order valence-electron chi connectivity index (χ2n) is 9.24. The fourth-order valence-corrected chi connectivity index (χ4v) is 4.25. The zero-order valence-corrected chi connectivity index (χ0v) is 21.9. The number of nitrogens with one attached hydrogen (secondary N) is 1. The molecule has 6 nitrogen and oxygen atoms in total. The Kier molecular flexibility index (Phi) is 9.03. The second-order valence-corrected chi connectivity index (χ2v) is 9.24. The fourth-order valence-electron chi connectivity index (χ4n) is 4.25. The first-order chi connectivity index (χ1) is 18.5. The molecule has 4 aromatic rings. The van der Waals surface area contributed by atoms with Gasteiger partial charge in [-0.1, -0.05) is 62.7 Å². The van der Waals surface area contributed by atoms with E-state index in [2.05, 4.69) is 17.3 Å². The summed E-state index contributed by atoms with van der Waals surface area (Å²) in [6, 6.07) is 24.9. The van der Waals surface area contributed by atoms with Crippen LogP contribution in [0.1, 0.15) is 49.0 Å². The smallest absolute Gasteiger partial charge is 0.254 e. The van der Waals surface area contributed by atoms with E-state index in [1.165, 1.54) is 17.7 Å². The molecule has 4 rings (SSSR count). The summed E-state index contributed by atoms with van der Waals surface area (Å²) >= 11 is 0. The molecule has 2 amide bonds. The number of carbonyl (C=O) groups excluding carboxylic acids is 2. The van der Waals surface area contributed by atoms with Crippen molar-refractivity contribution in [2.75, 3.05) is 18.4 Å². The minimum Gasteiger partial charge on any atom is -0.329 e. The maximum absolute atomic E-state index is 13.6. The van der Waals surface area contributed by atoms with Crippen molar-refractivity contribution in [3.63, 3.8) is 0 Å². The molecular formula is C31H33FN4O2. The van der Waals surface area contributed by atoms with E-state index >= 15 is 0 Å². The molecule has 0 saturated heterocycles. The molecule has 0 aliphatic carbocycles. The molecule has 3 aromatic carbocycles. The molecule has 0 aliphatic rings. The number of aryl methyl sites for hydroxylation is 1. The first-order valence-electron chi connectivity index (χ1n) is 13.1. The van der Waals surface area contributed by atoms with Crippen LogP contribution in [0.2, 0.25) is 0 Å². The van der Waals surface area contributed by atoms with Crippen LogP contribution >= 0.6 is 0 Å². The maximum Gasteiger partial charge on any atom is 0.254 e. The summed E-state index contributed by atoms with van der Waals surface area (Å²) in [5.74, 6) is -0.443. The number of nitrogens with zero attached hydrogens (tertiary/aromatic N) is 3. The van der Waals surface area contributed by atoms with Gasteiger partial charge in [0.05, 0.1) is 11.4 Å². The number of amides is 2. The fraction of sp³-hybridized carbons (Fsp3) is 0.258. The normalized spacial score (nSPS) is 10.8. The highest BCUT2D eigenvalue weighted by Crippen LogP contribution is 2.25. The van der Waals surface area contributed by atoms with Gasteiger partial charge in [0.1, 0.15) is 18.2 Å². The minimum atomic E-state index is -0.359. The molecular weight excluding hydrogens is 479 g/mol. The van der Waals surface area contributed by atoms with Crippen molar-refractivity contribution in [1.29, 1.82) is 0 Å². The molecule has 0 fully saturated rings. The quantitative estimate of drug-likeness (QED) is 0.249. The number of benzene rings is 3. The van der Waals surface area contributed by atoms with Crippen molar-refractivity contribution in [2.24, 2.45) is 0 Å². The van der Waals surface area contributed by atoms with Gasteiger partial charge in [0.25, 0.3) is 5.91 Å². The highest BCUT2D eigenvalue weighted by atomic mass is 19.1. The molecule has 0 saturated carbocycles. The average molecular weight is 513 g/mol. The van der Waals surface area contributed by atoms with Gasteiger partial charge in [-0.25, -0.2) is 9.07 Å². The van der Waals surface area contributed by atoms with E-state index in [9.17, 15) is 14.0 Å². The third-order valence-corrected chi connectivity index (χ3v) is 6.25. The number of hydrogen-bond acceptors (Lipinski definition) is 3. The van der Waals surface area contributed by atoms with Crippen LogP contribution in [-0.4, -0.2) is 39.6 Å². The Hall–Kier alpha value is -4.26. The predicted molar refractivity (Wildman–Crippen MR) is 149 cm³/mol. The third kappa shape index (κ3) is 6.73. The SMILES string of the molecule is CCCCc1ccc(C(=O)N(CCC)CC(=O)Nc2cc(-c3ccccc3)nn2-c2ccc(F)cc2)cc1. The van der Waals surface area contributed by atoms with E-state index in [1.807, 2.05) is 61.5 Å². The van der Waals surface area contributed by atoms with Crippen LogP contribution in [0.4, 0.5) is 10.2 Å². The molecule has 1 aromatic heterocycles. The molecule has 1 N–H and O–H groups in total. The average Bonchev–Trinajstić information content (AvgIpc) is 3.36. The first-order valence-corrected chi connectivity index (χ1v) is 13.1. The standard InChI is InChI=1S/C31H33FN4O2/c1-3-5-9-23-12-14-25(15-13-23)31(38)35(20-4-2)22-30(37)33-29-21-28(24-10-7-6-8-11-24)34-36(29)27-18-16-26(32)17-19-27/h6-8,10-19,21H,3-5,9,20,22H2,1-2H3,(H,33,37). The minimum absolute atomic E-state index is 0.0977. The van der Waals surface area contributed by atoms with E-state index in [-0.39, 0.29) is 24.2 Å². The summed E-state index contributed by atoms with van der Waals surface area (Å²) < 4.78 is 15.1. The summed E-state index contributed by atoms with van der Waals surface area (Å²) in [7, 11) is 0. The van der Waals surface area contributed by atoms with Gasteiger partial charge >= 0.3 is 0 Å². The highest BCUT2D eigenvalue weighted by molar-refractivity contribution is 5.99. The summed E-state index contributed by atoms with van der Waals surface area (Å²) in [5.41, 5.74) is 3.91. The number of aromatic nitrogens is 2. The predicted octanol–water partition coefficient (Wildman–Crippen LogP) is 6.51. The number of hydrogen-bond donors (Lipinski definition) is 1. The van der Waals surface area contributed by atoms with E-state index in [0.717, 1.165) is 31.2 Å². The molecule has 1 heterocycles.